The molecule has 2 rings (SSSR count). The molecule has 2 aromatic rings. The van der Waals surface area contributed by atoms with E-state index in [4.69, 9.17) is 26.2 Å². The number of benzene rings is 2. The van der Waals surface area contributed by atoms with E-state index in [2.05, 4.69) is 5.32 Å². The van der Waals surface area contributed by atoms with Gasteiger partial charge in [-0.15, -0.1) is 0 Å². The summed E-state index contributed by atoms with van der Waals surface area (Å²) in [5, 5.41) is 11.8. The maximum atomic E-state index is 13.1. The Morgan fingerprint density at radius 3 is 2.68 bits per heavy atom. The van der Waals surface area contributed by atoms with Crippen molar-refractivity contribution in [2.75, 3.05) is 13.2 Å². The first-order valence-electron chi connectivity index (χ1n) is 7.74. The van der Waals surface area contributed by atoms with Crippen LogP contribution in [0.15, 0.2) is 36.4 Å². The van der Waals surface area contributed by atoms with Gasteiger partial charge in [0.15, 0.2) is 11.5 Å². The van der Waals surface area contributed by atoms with Crippen molar-refractivity contribution in [1.82, 2.24) is 5.32 Å². The van der Waals surface area contributed by atoms with Crippen molar-refractivity contribution < 1.29 is 23.8 Å². The fourth-order valence-electron chi connectivity index (χ4n) is 2.16. The average Bonchev–Trinajstić information content (AvgIpc) is 2.55. The zero-order valence-corrected chi connectivity index (χ0v) is 14.5. The predicted molar refractivity (Wildman–Crippen MR) is 92.7 cm³/mol. The minimum absolute atomic E-state index is 0.120. The molecular formula is C18H19ClFNO4. The summed E-state index contributed by atoms with van der Waals surface area (Å²) < 4.78 is 24.4. The number of halogens is 2. The van der Waals surface area contributed by atoms with Crippen molar-refractivity contribution in [3.05, 3.63) is 58.4 Å². The lowest BCUT2D eigenvalue weighted by Crippen LogP contribution is -2.21. The van der Waals surface area contributed by atoms with Crippen LogP contribution in [0.5, 0.6) is 11.5 Å². The molecular weight excluding hydrogens is 349 g/mol. The summed E-state index contributed by atoms with van der Waals surface area (Å²) >= 11 is 6.00. The van der Waals surface area contributed by atoms with Crippen LogP contribution in [-0.4, -0.2) is 24.2 Å². The maximum Gasteiger partial charge on any atom is 0.317 e. The molecule has 5 nitrogen and oxygen atoms in total. The van der Waals surface area contributed by atoms with Gasteiger partial charge in [0.05, 0.1) is 18.2 Å². The number of hydrogen-bond acceptors (Lipinski definition) is 4. The Labute approximate surface area is 150 Å². The highest BCUT2D eigenvalue weighted by Crippen LogP contribution is 2.30. The quantitative estimate of drug-likeness (QED) is 0.708. The van der Waals surface area contributed by atoms with Gasteiger partial charge < -0.3 is 19.9 Å². The second-order valence-corrected chi connectivity index (χ2v) is 5.64. The average molecular weight is 368 g/mol. The predicted octanol–water partition coefficient (Wildman–Crippen LogP) is 3.63. The number of carboxylic acids is 1. The Morgan fingerprint density at radius 1 is 1.20 bits per heavy atom. The van der Waals surface area contributed by atoms with E-state index in [1.54, 1.807) is 18.2 Å². The van der Waals surface area contributed by atoms with Crippen LogP contribution in [-0.2, 0) is 17.9 Å². The Hall–Kier alpha value is -2.31. The second-order valence-electron chi connectivity index (χ2n) is 5.24. The summed E-state index contributed by atoms with van der Waals surface area (Å²) in [6, 6.07) is 9.49. The molecule has 0 saturated carbocycles. The SMILES string of the molecule is CCOc1cc(CNCC(=O)O)ccc1OCc1ccc(F)cc1Cl. The molecule has 0 aliphatic rings. The molecule has 0 fully saturated rings. The van der Waals surface area contributed by atoms with E-state index in [0.717, 1.165) is 5.56 Å². The zero-order chi connectivity index (χ0) is 18.2. The van der Waals surface area contributed by atoms with Crippen LogP contribution in [0.2, 0.25) is 5.02 Å². The summed E-state index contributed by atoms with van der Waals surface area (Å²) in [6.45, 7) is 2.77. The minimum Gasteiger partial charge on any atom is -0.490 e. The third kappa shape index (κ3) is 5.92. The van der Waals surface area contributed by atoms with E-state index >= 15 is 0 Å². The molecule has 0 radical (unpaired) electrons. The monoisotopic (exact) mass is 367 g/mol. The smallest absolute Gasteiger partial charge is 0.317 e. The van der Waals surface area contributed by atoms with Crippen molar-refractivity contribution in [3.8, 4) is 11.5 Å². The second kappa shape index (κ2) is 9.25. The zero-order valence-electron chi connectivity index (χ0n) is 13.7. The Balaban J connectivity index is 2.06. The molecule has 0 atom stereocenters. The lowest BCUT2D eigenvalue weighted by atomic mass is 10.2. The van der Waals surface area contributed by atoms with E-state index in [-0.39, 0.29) is 13.2 Å². The maximum absolute atomic E-state index is 13.1. The molecule has 0 heterocycles. The van der Waals surface area contributed by atoms with E-state index in [1.165, 1.54) is 12.1 Å². The molecule has 0 amide bonds. The molecule has 0 spiro atoms. The molecule has 0 bridgehead atoms. The van der Waals surface area contributed by atoms with Gasteiger partial charge in [-0.1, -0.05) is 23.7 Å². The first kappa shape index (κ1) is 19.0. The number of aliphatic carboxylic acids is 1. The van der Waals surface area contributed by atoms with Crippen molar-refractivity contribution in [2.45, 2.75) is 20.1 Å². The summed E-state index contributed by atoms with van der Waals surface area (Å²) in [6.07, 6.45) is 0. The van der Waals surface area contributed by atoms with Crippen LogP contribution in [0.3, 0.4) is 0 Å². The Kier molecular flexibility index (Phi) is 7.03. The van der Waals surface area contributed by atoms with Gasteiger partial charge in [0.2, 0.25) is 0 Å². The van der Waals surface area contributed by atoms with Crippen molar-refractivity contribution in [2.24, 2.45) is 0 Å². The van der Waals surface area contributed by atoms with Crippen molar-refractivity contribution >= 4 is 17.6 Å². The van der Waals surface area contributed by atoms with Crippen LogP contribution < -0.4 is 14.8 Å². The van der Waals surface area contributed by atoms with Crippen LogP contribution in [0.4, 0.5) is 4.39 Å². The van der Waals surface area contributed by atoms with Gasteiger partial charge in [0.25, 0.3) is 0 Å². The van der Waals surface area contributed by atoms with Crippen LogP contribution in [0.25, 0.3) is 0 Å². The van der Waals surface area contributed by atoms with Crippen molar-refractivity contribution in [1.29, 1.82) is 0 Å². The highest BCUT2D eigenvalue weighted by atomic mass is 35.5. The summed E-state index contributed by atoms with van der Waals surface area (Å²) in [5.74, 6) is -0.234. The lowest BCUT2D eigenvalue weighted by molar-refractivity contribution is -0.135. The third-order valence-electron chi connectivity index (χ3n) is 3.31. The summed E-state index contributed by atoms with van der Waals surface area (Å²) in [7, 11) is 0. The van der Waals surface area contributed by atoms with Crippen molar-refractivity contribution in [3.63, 3.8) is 0 Å². The number of nitrogens with one attached hydrogen (secondary N) is 1. The van der Waals surface area contributed by atoms with E-state index < -0.39 is 11.8 Å². The molecule has 134 valence electrons. The van der Waals surface area contributed by atoms with E-state index in [1.807, 2.05) is 13.0 Å². The number of ether oxygens (including phenoxy) is 2. The topological polar surface area (TPSA) is 67.8 Å². The molecule has 0 aliphatic heterocycles. The number of carboxylic acid groups (broad SMARTS) is 1. The van der Waals surface area contributed by atoms with Gasteiger partial charge in [-0.2, -0.15) is 0 Å². The highest BCUT2D eigenvalue weighted by Gasteiger charge is 2.09. The number of carbonyl (C=O) groups is 1. The molecule has 2 aromatic carbocycles. The standard InChI is InChI=1S/C18H19ClFNO4/c1-2-24-17-7-12(9-21-10-18(22)23)3-6-16(17)25-11-13-4-5-14(20)8-15(13)19/h3-8,21H,2,9-11H2,1H3,(H,22,23). The minimum atomic E-state index is -0.916. The van der Waals surface area contributed by atoms with Crippen LogP contribution in [0, 0.1) is 5.82 Å². The molecule has 0 aliphatic carbocycles. The van der Waals surface area contributed by atoms with Gasteiger partial charge in [-0.05, 0) is 36.8 Å². The van der Waals surface area contributed by atoms with Gasteiger partial charge in [0.1, 0.15) is 12.4 Å². The first-order valence-corrected chi connectivity index (χ1v) is 8.12. The van der Waals surface area contributed by atoms with E-state index in [0.29, 0.717) is 35.2 Å². The summed E-state index contributed by atoms with van der Waals surface area (Å²) in [5.41, 5.74) is 1.54. The third-order valence-corrected chi connectivity index (χ3v) is 3.66. The lowest BCUT2D eigenvalue weighted by Gasteiger charge is -2.14. The van der Waals surface area contributed by atoms with Gasteiger partial charge in [-0.25, -0.2) is 4.39 Å². The molecule has 0 unspecified atom stereocenters. The molecule has 25 heavy (non-hydrogen) atoms. The highest BCUT2D eigenvalue weighted by molar-refractivity contribution is 6.31. The fourth-order valence-corrected chi connectivity index (χ4v) is 2.38. The Morgan fingerprint density at radius 2 is 2.00 bits per heavy atom. The van der Waals surface area contributed by atoms with Gasteiger partial charge >= 0.3 is 5.97 Å². The first-order chi connectivity index (χ1) is 12.0. The largest absolute Gasteiger partial charge is 0.490 e. The Bertz CT molecular complexity index is 739. The van der Waals surface area contributed by atoms with E-state index in [9.17, 15) is 9.18 Å². The number of rotatable bonds is 9. The van der Waals surface area contributed by atoms with Gasteiger partial charge in [0, 0.05) is 12.1 Å². The molecule has 2 N–H and O–H groups in total. The molecule has 0 aromatic heterocycles. The molecule has 7 heteroatoms. The normalized spacial score (nSPS) is 10.5. The fraction of sp³-hybridized carbons (Fsp3) is 0.278. The molecule has 0 saturated heterocycles. The van der Waals surface area contributed by atoms with Crippen LogP contribution >= 0.6 is 11.6 Å². The van der Waals surface area contributed by atoms with Crippen LogP contribution in [0.1, 0.15) is 18.1 Å². The number of hydrogen-bond donors (Lipinski definition) is 2. The van der Waals surface area contributed by atoms with Gasteiger partial charge in [-0.3, -0.25) is 4.79 Å². The summed E-state index contributed by atoms with van der Waals surface area (Å²) in [4.78, 5) is 10.5.